The fourth-order valence-electron chi connectivity index (χ4n) is 2.45. The van der Waals surface area contributed by atoms with Gasteiger partial charge < -0.3 is 10.2 Å². The van der Waals surface area contributed by atoms with Crippen molar-refractivity contribution in [2.24, 2.45) is 0 Å². The Morgan fingerprint density at radius 2 is 2.05 bits per heavy atom. The highest BCUT2D eigenvalue weighted by Crippen LogP contribution is 2.25. The quantitative estimate of drug-likeness (QED) is 0.914. The molecule has 0 fully saturated rings. The smallest absolute Gasteiger partial charge is 0.0271 e. The van der Waals surface area contributed by atoms with Crippen LogP contribution in [0, 0.1) is 0 Å². The number of aryl methyl sites for hydroxylation is 1. The van der Waals surface area contributed by atoms with E-state index in [4.69, 9.17) is 0 Å². The van der Waals surface area contributed by atoms with Crippen LogP contribution in [0.1, 0.15) is 31.4 Å². The van der Waals surface area contributed by atoms with Gasteiger partial charge in [0.25, 0.3) is 0 Å². The maximum Gasteiger partial charge on any atom is 0.0271 e. The Morgan fingerprint density at radius 1 is 1.32 bits per heavy atom. The molecule has 0 saturated heterocycles. The molecule has 106 valence electrons. The third-order valence-electron chi connectivity index (χ3n) is 4.43. The van der Waals surface area contributed by atoms with Crippen molar-refractivity contribution in [2.45, 2.75) is 44.7 Å². The number of halogens is 1. The number of hydrogen-bond donors (Lipinski definition) is 1. The molecule has 3 heteroatoms. The second-order valence-electron chi connectivity index (χ2n) is 6.44. The van der Waals surface area contributed by atoms with Gasteiger partial charge in [-0.05, 0) is 70.5 Å². The van der Waals surface area contributed by atoms with Crippen LogP contribution in [0.3, 0.4) is 0 Å². The van der Waals surface area contributed by atoms with Gasteiger partial charge in [-0.1, -0.05) is 22.0 Å². The second kappa shape index (κ2) is 5.94. The maximum absolute atomic E-state index is 3.75. The number of hydrogen-bond acceptors (Lipinski definition) is 2. The van der Waals surface area contributed by atoms with Gasteiger partial charge in [0.1, 0.15) is 0 Å². The number of nitrogens with one attached hydrogen (secondary N) is 1. The molecule has 19 heavy (non-hydrogen) atoms. The molecule has 0 spiro atoms. The number of rotatable bonds is 4. The molecular weight excluding hydrogens is 300 g/mol. The Kier molecular flexibility index (Phi) is 4.70. The first kappa shape index (κ1) is 15.0. The van der Waals surface area contributed by atoms with Gasteiger partial charge in [-0.3, -0.25) is 0 Å². The van der Waals surface area contributed by atoms with Crippen LogP contribution in [0.2, 0.25) is 0 Å². The SMILES string of the molecule is CN(C)C(C)(C)CNC1CCc2cc(Br)ccc2C1. The first-order valence-corrected chi connectivity index (χ1v) is 7.86. The zero-order valence-corrected chi connectivity index (χ0v) is 14.0. The Hall–Kier alpha value is -0.380. The van der Waals surface area contributed by atoms with Crippen LogP contribution in [0.4, 0.5) is 0 Å². The third-order valence-corrected chi connectivity index (χ3v) is 4.92. The van der Waals surface area contributed by atoms with Crippen molar-refractivity contribution in [1.82, 2.24) is 10.2 Å². The van der Waals surface area contributed by atoms with Gasteiger partial charge in [-0.2, -0.15) is 0 Å². The van der Waals surface area contributed by atoms with Gasteiger partial charge >= 0.3 is 0 Å². The summed E-state index contributed by atoms with van der Waals surface area (Å²) >= 11 is 3.56. The lowest BCUT2D eigenvalue weighted by Crippen LogP contribution is -2.50. The summed E-state index contributed by atoms with van der Waals surface area (Å²) in [5.74, 6) is 0. The summed E-state index contributed by atoms with van der Waals surface area (Å²) in [6.07, 6.45) is 3.59. The molecule has 0 saturated carbocycles. The molecule has 0 amide bonds. The van der Waals surface area contributed by atoms with E-state index in [-0.39, 0.29) is 5.54 Å². The van der Waals surface area contributed by atoms with Crippen LogP contribution in [-0.4, -0.2) is 37.1 Å². The minimum Gasteiger partial charge on any atom is -0.312 e. The molecule has 1 aliphatic rings. The van der Waals surface area contributed by atoms with E-state index in [1.54, 1.807) is 0 Å². The zero-order valence-electron chi connectivity index (χ0n) is 12.5. The van der Waals surface area contributed by atoms with Gasteiger partial charge in [0.05, 0.1) is 0 Å². The van der Waals surface area contributed by atoms with Gasteiger partial charge in [0.15, 0.2) is 0 Å². The highest BCUT2D eigenvalue weighted by atomic mass is 79.9. The van der Waals surface area contributed by atoms with E-state index >= 15 is 0 Å². The normalized spacial score (nSPS) is 19.6. The molecule has 2 nitrogen and oxygen atoms in total. The summed E-state index contributed by atoms with van der Waals surface area (Å²) in [6, 6.07) is 7.32. The van der Waals surface area contributed by atoms with Crippen LogP contribution < -0.4 is 5.32 Å². The largest absolute Gasteiger partial charge is 0.312 e. The Morgan fingerprint density at radius 3 is 2.74 bits per heavy atom. The maximum atomic E-state index is 3.75. The molecular formula is C16H25BrN2. The summed E-state index contributed by atoms with van der Waals surface area (Å²) in [5.41, 5.74) is 3.23. The fourth-order valence-corrected chi connectivity index (χ4v) is 2.86. The van der Waals surface area contributed by atoms with Crippen molar-refractivity contribution >= 4 is 15.9 Å². The molecule has 0 heterocycles. The van der Waals surface area contributed by atoms with E-state index in [1.165, 1.54) is 28.4 Å². The van der Waals surface area contributed by atoms with E-state index in [0.29, 0.717) is 6.04 Å². The van der Waals surface area contributed by atoms with Gasteiger partial charge in [0, 0.05) is 22.6 Å². The van der Waals surface area contributed by atoms with Gasteiger partial charge in [-0.15, -0.1) is 0 Å². The third kappa shape index (κ3) is 3.80. The minimum atomic E-state index is 0.208. The topological polar surface area (TPSA) is 15.3 Å². The summed E-state index contributed by atoms with van der Waals surface area (Å²) in [5, 5.41) is 3.75. The molecule has 1 aromatic rings. The van der Waals surface area contributed by atoms with Crippen LogP contribution in [0.15, 0.2) is 22.7 Å². The molecule has 1 aromatic carbocycles. The molecule has 1 unspecified atom stereocenters. The first-order valence-electron chi connectivity index (χ1n) is 7.06. The molecule has 1 N–H and O–H groups in total. The molecule has 0 aromatic heterocycles. The molecule has 0 aliphatic heterocycles. The van der Waals surface area contributed by atoms with Crippen molar-refractivity contribution in [3.05, 3.63) is 33.8 Å². The summed E-state index contributed by atoms with van der Waals surface area (Å²) < 4.78 is 1.20. The predicted octanol–water partition coefficient (Wildman–Crippen LogP) is 3.24. The average Bonchev–Trinajstić information content (AvgIpc) is 2.36. The minimum absolute atomic E-state index is 0.208. The highest BCUT2D eigenvalue weighted by molar-refractivity contribution is 9.10. The zero-order chi connectivity index (χ0) is 14.0. The lowest BCUT2D eigenvalue weighted by molar-refractivity contribution is 0.182. The van der Waals surface area contributed by atoms with Crippen LogP contribution in [-0.2, 0) is 12.8 Å². The highest BCUT2D eigenvalue weighted by Gasteiger charge is 2.24. The fraction of sp³-hybridized carbons (Fsp3) is 0.625. The summed E-state index contributed by atoms with van der Waals surface area (Å²) in [7, 11) is 4.30. The number of benzene rings is 1. The Balaban J connectivity index is 1.94. The molecule has 1 atom stereocenters. The number of fused-ring (bicyclic) bond motifs is 1. The Bertz CT molecular complexity index is 440. The monoisotopic (exact) mass is 324 g/mol. The standard InChI is InChI=1S/C16H25BrN2/c1-16(2,19(3)4)11-18-15-8-6-12-9-14(17)7-5-13(12)10-15/h5,7,9,15,18H,6,8,10-11H2,1-4H3. The van der Waals surface area contributed by atoms with Crippen molar-refractivity contribution < 1.29 is 0 Å². The molecule has 0 radical (unpaired) electrons. The van der Waals surface area contributed by atoms with E-state index < -0.39 is 0 Å². The van der Waals surface area contributed by atoms with Crippen molar-refractivity contribution in [1.29, 1.82) is 0 Å². The van der Waals surface area contributed by atoms with E-state index in [2.05, 4.69) is 72.3 Å². The molecule has 2 rings (SSSR count). The van der Waals surface area contributed by atoms with Crippen LogP contribution in [0.5, 0.6) is 0 Å². The number of likely N-dealkylation sites (N-methyl/N-ethyl adjacent to an activating group) is 1. The summed E-state index contributed by atoms with van der Waals surface area (Å²) in [4.78, 5) is 2.29. The van der Waals surface area contributed by atoms with Gasteiger partial charge in [0.2, 0.25) is 0 Å². The second-order valence-corrected chi connectivity index (χ2v) is 7.36. The summed E-state index contributed by atoms with van der Waals surface area (Å²) in [6.45, 7) is 5.61. The Labute approximate surface area is 125 Å². The predicted molar refractivity (Wildman–Crippen MR) is 85.7 cm³/mol. The van der Waals surface area contributed by atoms with Gasteiger partial charge in [-0.25, -0.2) is 0 Å². The van der Waals surface area contributed by atoms with E-state index in [1.807, 2.05) is 0 Å². The average molecular weight is 325 g/mol. The van der Waals surface area contributed by atoms with Crippen molar-refractivity contribution in [2.75, 3.05) is 20.6 Å². The van der Waals surface area contributed by atoms with Crippen molar-refractivity contribution in [3.8, 4) is 0 Å². The van der Waals surface area contributed by atoms with Crippen LogP contribution >= 0.6 is 15.9 Å². The lowest BCUT2D eigenvalue weighted by atomic mass is 9.88. The van der Waals surface area contributed by atoms with Crippen LogP contribution in [0.25, 0.3) is 0 Å². The first-order chi connectivity index (χ1) is 8.88. The molecule has 1 aliphatic carbocycles. The number of nitrogens with zero attached hydrogens (tertiary/aromatic N) is 1. The molecule has 0 bridgehead atoms. The lowest BCUT2D eigenvalue weighted by Gasteiger charge is -2.35. The van der Waals surface area contributed by atoms with Crippen molar-refractivity contribution in [3.63, 3.8) is 0 Å². The van der Waals surface area contributed by atoms with E-state index in [9.17, 15) is 0 Å². The van der Waals surface area contributed by atoms with E-state index in [0.717, 1.165) is 13.0 Å².